The Kier molecular flexibility index (Phi) is 8.67. The van der Waals surface area contributed by atoms with Crippen LogP contribution in [0.25, 0.3) is 20.4 Å². The predicted octanol–water partition coefficient (Wildman–Crippen LogP) is 7.02. The molecule has 0 aromatic carbocycles. The van der Waals surface area contributed by atoms with Crippen LogP contribution >= 0.6 is 46.2 Å². The van der Waals surface area contributed by atoms with Crippen LogP contribution < -0.4 is 11.1 Å². The molecule has 0 N–H and O–H groups in total. The lowest BCUT2D eigenvalue weighted by atomic mass is 9.97. The van der Waals surface area contributed by atoms with Crippen LogP contribution in [0.3, 0.4) is 0 Å². The molecule has 4 aromatic rings. The van der Waals surface area contributed by atoms with Gasteiger partial charge in [0.2, 0.25) is 0 Å². The number of allylic oxidation sites excluding steroid dienone is 2. The normalized spacial score (nSPS) is 14.9. The van der Waals surface area contributed by atoms with Crippen molar-refractivity contribution >= 4 is 66.6 Å². The molecular weight excluding hydrogens is 577 g/mol. The standard InChI is InChI=1S/C30H34N4O2S4/c1-3-15-33-27(35)23-19-11-5-7-13-21(19)39-25(23)31-29(33)37-17-9-10-18-38-30-32-26-24(28(36)34(30)16-4-2)20-12-6-8-14-22(20)40-26/h3-4H,1-2,5-18H2. The first-order chi connectivity index (χ1) is 19.6. The lowest BCUT2D eigenvalue weighted by Crippen LogP contribution is -2.23. The molecule has 0 unspecified atom stereocenters. The highest BCUT2D eigenvalue weighted by molar-refractivity contribution is 7.99. The van der Waals surface area contributed by atoms with Crippen LogP contribution in [0.5, 0.6) is 0 Å². The van der Waals surface area contributed by atoms with E-state index < -0.39 is 0 Å². The number of rotatable bonds is 11. The van der Waals surface area contributed by atoms with Crippen molar-refractivity contribution in [2.75, 3.05) is 11.5 Å². The fourth-order valence-electron chi connectivity index (χ4n) is 5.77. The highest BCUT2D eigenvalue weighted by Gasteiger charge is 2.23. The van der Waals surface area contributed by atoms with Gasteiger partial charge in [0.25, 0.3) is 11.1 Å². The second kappa shape index (κ2) is 12.4. The molecule has 0 fully saturated rings. The maximum absolute atomic E-state index is 13.5. The van der Waals surface area contributed by atoms with E-state index in [0.717, 1.165) is 93.6 Å². The lowest BCUT2D eigenvalue weighted by Gasteiger charge is -2.13. The number of fused-ring (bicyclic) bond motifs is 6. The van der Waals surface area contributed by atoms with E-state index >= 15 is 0 Å². The molecule has 10 heteroatoms. The van der Waals surface area contributed by atoms with Crippen molar-refractivity contribution in [2.45, 2.75) is 87.6 Å². The molecule has 210 valence electrons. The molecule has 0 radical (unpaired) electrons. The predicted molar refractivity (Wildman–Crippen MR) is 172 cm³/mol. The van der Waals surface area contributed by atoms with Crippen LogP contribution in [0.2, 0.25) is 0 Å². The average Bonchev–Trinajstić information content (AvgIpc) is 3.52. The zero-order valence-electron chi connectivity index (χ0n) is 22.7. The first kappa shape index (κ1) is 28.0. The summed E-state index contributed by atoms with van der Waals surface area (Å²) in [4.78, 5) is 41.3. The summed E-state index contributed by atoms with van der Waals surface area (Å²) in [6.45, 7) is 8.70. The number of thiophene rings is 2. The molecule has 4 heterocycles. The molecule has 0 atom stereocenters. The molecule has 0 spiro atoms. The third kappa shape index (κ3) is 5.28. The number of nitrogens with zero attached hydrogens (tertiary/aromatic N) is 4. The minimum Gasteiger partial charge on any atom is -0.283 e. The van der Waals surface area contributed by atoms with Crippen molar-refractivity contribution in [3.05, 3.63) is 66.9 Å². The first-order valence-corrected chi connectivity index (χ1v) is 17.8. The van der Waals surface area contributed by atoms with Crippen LogP contribution in [0, 0.1) is 0 Å². The molecule has 2 aliphatic rings. The SMILES string of the molecule is C=CCn1c(SCCCCSc2nc3sc4c(c3c(=O)n2CC=C)CCCC4)nc2sc3c(c2c1=O)CCCC3. The molecule has 6 nitrogen and oxygen atoms in total. The third-order valence-electron chi connectivity index (χ3n) is 7.70. The molecule has 0 bridgehead atoms. The van der Waals surface area contributed by atoms with E-state index in [-0.39, 0.29) is 11.1 Å². The fourth-order valence-corrected chi connectivity index (χ4v) is 10.4. The van der Waals surface area contributed by atoms with Crippen LogP contribution in [0.15, 0.2) is 45.2 Å². The van der Waals surface area contributed by atoms with Crippen LogP contribution in [0.1, 0.15) is 59.4 Å². The molecule has 6 rings (SSSR count). The monoisotopic (exact) mass is 610 g/mol. The Bertz CT molecular complexity index is 1590. The number of hydrogen-bond donors (Lipinski definition) is 0. The van der Waals surface area contributed by atoms with Gasteiger partial charge in [0.05, 0.1) is 10.8 Å². The first-order valence-electron chi connectivity index (χ1n) is 14.2. The van der Waals surface area contributed by atoms with Gasteiger partial charge in [-0.2, -0.15) is 0 Å². The summed E-state index contributed by atoms with van der Waals surface area (Å²) >= 11 is 6.73. The second-order valence-electron chi connectivity index (χ2n) is 10.4. The Morgan fingerprint density at radius 3 is 1.55 bits per heavy atom. The zero-order chi connectivity index (χ0) is 27.6. The molecule has 2 aliphatic carbocycles. The van der Waals surface area contributed by atoms with E-state index in [9.17, 15) is 9.59 Å². The summed E-state index contributed by atoms with van der Waals surface area (Å²) < 4.78 is 3.59. The lowest BCUT2D eigenvalue weighted by molar-refractivity contribution is 0.666. The van der Waals surface area contributed by atoms with E-state index in [0.29, 0.717) is 13.1 Å². The quantitative estimate of drug-likeness (QED) is 0.0787. The van der Waals surface area contributed by atoms with E-state index in [1.165, 1.54) is 33.7 Å². The zero-order valence-corrected chi connectivity index (χ0v) is 26.0. The Hall–Kier alpha value is -2.14. The molecule has 0 saturated heterocycles. The Morgan fingerprint density at radius 2 is 1.12 bits per heavy atom. The minimum atomic E-state index is 0.0827. The van der Waals surface area contributed by atoms with Gasteiger partial charge in [0.1, 0.15) is 9.66 Å². The Morgan fingerprint density at radius 1 is 0.700 bits per heavy atom. The van der Waals surface area contributed by atoms with Crippen molar-refractivity contribution in [1.82, 2.24) is 19.1 Å². The van der Waals surface area contributed by atoms with Crippen molar-refractivity contribution in [3.63, 3.8) is 0 Å². The minimum absolute atomic E-state index is 0.0827. The maximum atomic E-state index is 13.5. The molecule has 40 heavy (non-hydrogen) atoms. The van der Waals surface area contributed by atoms with Gasteiger partial charge in [0, 0.05) is 34.3 Å². The topological polar surface area (TPSA) is 69.8 Å². The number of aryl methyl sites for hydroxylation is 4. The number of aromatic nitrogens is 4. The van der Waals surface area contributed by atoms with Crippen molar-refractivity contribution in [3.8, 4) is 0 Å². The maximum Gasteiger partial charge on any atom is 0.263 e. The van der Waals surface area contributed by atoms with Gasteiger partial charge in [-0.15, -0.1) is 35.8 Å². The summed E-state index contributed by atoms with van der Waals surface area (Å²) in [7, 11) is 0. The second-order valence-corrected chi connectivity index (χ2v) is 14.7. The van der Waals surface area contributed by atoms with E-state index in [1.54, 1.807) is 67.5 Å². The Labute approximate surface area is 250 Å². The summed E-state index contributed by atoms with van der Waals surface area (Å²) in [6.07, 6.45) is 14.3. The molecule has 0 aliphatic heterocycles. The van der Waals surface area contributed by atoms with Gasteiger partial charge in [-0.25, -0.2) is 9.97 Å². The van der Waals surface area contributed by atoms with Crippen molar-refractivity contribution in [2.24, 2.45) is 0 Å². The van der Waals surface area contributed by atoms with Gasteiger partial charge in [-0.3, -0.25) is 18.7 Å². The van der Waals surface area contributed by atoms with Crippen LogP contribution in [-0.4, -0.2) is 30.6 Å². The summed E-state index contributed by atoms with van der Waals surface area (Å²) in [5, 5.41) is 3.25. The Balaban J connectivity index is 1.13. The van der Waals surface area contributed by atoms with Crippen molar-refractivity contribution < 1.29 is 0 Å². The molecule has 4 aromatic heterocycles. The van der Waals surface area contributed by atoms with E-state index in [4.69, 9.17) is 9.97 Å². The van der Waals surface area contributed by atoms with Gasteiger partial charge in [-0.05, 0) is 75.3 Å². The number of thioether (sulfide) groups is 2. The molecular formula is C30H34N4O2S4. The number of unbranched alkanes of at least 4 members (excludes halogenated alkanes) is 1. The third-order valence-corrected chi connectivity index (χ3v) is 12.2. The van der Waals surface area contributed by atoms with Gasteiger partial charge >= 0.3 is 0 Å². The molecule has 0 amide bonds. The molecule has 0 saturated carbocycles. The summed E-state index contributed by atoms with van der Waals surface area (Å²) in [5.41, 5.74) is 2.64. The summed E-state index contributed by atoms with van der Waals surface area (Å²) in [5.74, 6) is 1.76. The van der Waals surface area contributed by atoms with Gasteiger partial charge in [0.15, 0.2) is 10.3 Å². The average molecular weight is 611 g/mol. The van der Waals surface area contributed by atoms with E-state index in [1.807, 2.05) is 0 Å². The fraction of sp³-hybridized carbons (Fsp3) is 0.467. The van der Waals surface area contributed by atoms with Gasteiger partial charge in [-0.1, -0.05) is 35.7 Å². The highest BCUT2D eigenvalue weighted by Crippen LogP contribution is 2.36. The highest BCUT2D eigenvalue weighted by atomic mass is 32.2. The smallest absolute Gasteiger partial charge is 0.263 e. The van der Waals surface area contributed by atoms with Crippen molar-refractivity contribution in [1.29, 1.82) is 0 Å². The van der Waals surface area contributed by atoms with Crippen LogP contribution in [0.4, 0.5) is 0 Å². The largest absolute Gasteiger partial charge is 0.283 e. The van der Waals surface area contributed by atoms with Crippen LogP contribution in [-0.2, 0) is 38.8 Å². The number of hydrogen-bond acceptors (Lipinski definition) is 8. The van der Waals surface area contributed by atoms with Gasteiger partial charge < -0.3 is 0 Å². The van der Waals surface area contributed by atoms with E-state index in [2.05, 4.69) is 13.2 Å². The summed E-state index contributed by atoms with van der Waals surface area (Å²) in [6, 6.07) is 0.